The summed E-state index contributed by atoms with van der Waals surface area (Å²) < 4.78 is 0. The standard InChI is InChI=1S/C38H51NO9S/c1-3-4-5-8-11-14-30(40)15-12-9-6-7-10-13-16-32(38(48,37(46)47)26-34(41)42)35(43)39-33(36(44)45)25-27-17-19-28(20-18-27)29-21-23-31(49-2)24-22-29/h13,16-24,32-33,48H,3-12,14-15,25-26H2,1-2H3,(H,39,43)(H,41,42)(H,44,45)(H,46,47)/b16-13+/t32-,33-,38-/m0/s1. The summed E-state index contributed by atoms with van der Waals surface area (Å²) in [5.74, 6) is -7.64. The Morgan fingerprint density at radius 2 is 1.35 bits per heavy atom. The Hall–Kier alpha value is -3.96. The van der Waals surface area contributed by atoms with Crippen molar-refractivity contribution in [2.24, 2.45) is 5.92 Å². The Morgan fingerprint density at radius 3 is 1.86 bits per heavy atom. The van der Waals surface area contributed by atoms with E-state index in [2.05, 4.69) is 12.2 Å². The Balaban J connectivity index is 2.03. The van der Waals surface area contributed by atoms with E-state index in [9.17, 15) is 44.4 Å². The van der Waals surface area contributed by atoms with Crippen molar-refractivity contribution in [2.75, 3.05) is 6.26 Å². The van der Waals surface area contributed by atoms with Crippen molar-refractivity contribution in [1.82, 2.24) is 5.32 Å². The highest BCUT2D eigenvalue weighted by Crippen LogP contribution is 2.27. The van der Waals surface area contributed by atoms with Crippen LogP contribution < -0.4 is 5.32 Å². The minimum atomic E-state index is -3.01. The maximum absolute atomic E-state index is 13.4. The zero-order chi connectivity index (χ0) is 36.2. The van der Waals surface area contributed by atoms with Crippen LogP contribution >= 0.6 is 11.8 Å². The lowest BCUT2D eigenvalue weighted by Crippen LogP contribution is -2.55. The van der Waals surface area contributed by atoms with E-state index in [1.54, 1.807) is 23.9 Å². The Labute approximate surface area is 293 Å². The van der Waals surface area contributed by atoms with Crippen molar-refractivity contribution < 1.29 is 44.4 Å². The number of Topliss-reactive ketones (excluding diaryl/α,β-unsaturated/α-hetero) is 1. The molecule has 2 aromatic rings. The second kappa shape index (κ2) is 21.9. The number of carboxylic acid groups (broad SMARTS) is 3. The lowest BCUT2D eigenvalue weighted by atomic mass is 9.82. The van der Waals surface area contributed by atoms with Gasteiger partial charge in [0.2, 0.25) is 5.91 Å². The summed E-state index contributed by atoms with van der Waals surface area (Å²) in [4.78, 5) is 62.4. The first-order chi connectivity index (χ1) is 23.4. The number of aliphatic carboxylic acids is 3. The number of carbonyl (C=O) groups is 5. The van der Waals surface area contributed by atoms with Crippen molar-refractivity contribution in [3.63, 3.8) is 0 Å². The number of unbranched alkanes of at least 4 members (excludes halogenated alkanes) is 8. The van der Waals surface area contributed by atoms with E-state index in [4.69, 9.17) is 0 Å². The largest absolute Gasteiger partial charge is 0.481 e. The number of aliphatic hydroxyl groups is 1. The molecular weight excluding hydrogens is 646 g/mol. The van der Waals surface area contributed by atoms with E-state index < -0.39 is 47.8 Å². The first-order valence-corrected chi connectivity index (χ1v) is 18.3. The third kappa shape index (κ3) is 14.6. The highest BCUT2D eigenvalue weighted by atomic mass is 32.2. The minimum absolute atomic E-state index is 0.130. The highest BCUT2D eigenvalue weighted by molar-refractivity contribution is 7.98. The van der Waals surface area contributed by atoms with Crippen LogP contribution in [0.1, 0.15) is 96.0 Å². The highest BCUT2D eigenvalue weighted by Gasteiger charge is 2.49. The summed E-state index contributed by atoms with van der Waals surface area (Å²) in [5.41, 5.74) is -0.525. The molecule has 0 saturated heterocycles. The molecule has 0 saturated carbocycles. The average Bonchev–Trinajstić information content (AvgIpc) is 3.07. The van der Waals surface area contributed by atoms with E-state index in [0.717, 1.165) is 67.0 Å². The van der Waals surface area contributed by atoms with Gasteiger partial charge in [-0.2, -0.15) is 0 Å². The zero-order valence-electron chi connectivity index (χ0n) is 28.6. The molecule has 11 heteroatoms. The lowest BCUT2D eigenvalue weighted by Gasteiger charge is -2.29. The van der Waals surface area contributed by atoms with Crippen LogP contribution in [0.5, 0.6) is 0 Å². The molecule has 0 aromatic heterocycles. The molecule has 0 aliphatic carbocycles. The van der Waals surface area contributed by atoms with E-state index in [1.165, 1.54) is 12.5 Å². The number of hydrogen-bond acceptors (Lipinski definition) is 7. The molecule has 0 aliphatic rings. The number of hydrogen-bond donors (Lipinski definition) is 5. The van der Waals surface area contributed by atoms with Crippen LogP contribution in [0.3, 0.4) is 0 Å². The number of thioether (sulfide) groups is 1. The molecule has 3 atom stereocenters. The summed E-state index contributed by atoms with van der Waals surface area (Å²) in [6, 6.07) is 13.6. The third-order valence-corrected chi connectivity index (χ3v) is 9.23. The zero-order valence-corrected chi connectivity index (χ0v) is 29.4. The molecule has 0 heterocycles. The van der Waals surface area contributed by atoms with Crippen LogP contribution in [0.15, 0.2) is 65.6 Å². The number of amides is 1. The maximum atomic E-state index is 13.4. The Bertz CT molecular complexity index is 1390. The SMILES string of the molecule is CCCCCCCC(=O)CCCCCC/C=C/[C@@H](C(=O)N[C@@H](Cc1ccc(-c2ccc(SC)cc2)cc1)C(=O)O)[C@@](O)(CC(=O)O)C(=O)O. The molecule has 0 radical (unpaired) electrons. The van der Waals surface area contributed by atoms with E-state index in [-0.39, 0.29) is 12.2 Å². The third-order valence-electron chi connectivity index (χ3n) is 8.48. The van der Waals surface area contributed by atoms with Gasteiger partial charge in [-0.1, -0.05) is 94.0 Å². The number of carboxylic acids is 3. The van der Waals surface area contributed by atoms with Gasteiger partial charge in [0.15, 0.2) is 5.60 Å². The Kier molecular flexibility index (Phi) is 18.4. The molecule has 10 nitrogen and oxygen atoms in total. The number of allylic oxidation sites excluding steroid dienone is 1. The van der Waals surface area contributed by atoms with Crippen LogP contribution in [0.4, 0.5) is 0 Å². The molecule has 2 aromatic carbocycles. The van der Waals surface area contributed by atoms with Gasteiger partial charge in [0, 0.05) is 24.2 Å². The number of nitrogens with one attached hydrogen (secondary N) is 1. The van der Waals surface area contributed by atoms with Gasteiger partial charge >= 0.3 is 17.9 Å². The number of benzene rings is 2. The molecule has 2 rings (SSSR count). The summed E-state index contributed by atoms with van der Waals surface area (Å²) in [5, 5.41) is 42.3. The summed E-state index contributed by atoms with van der Waals surface area (Å²) in [6.07, 6.45) is 13.3. The quantitative estimate of drug-likeness (QED) is 0.0416. The molecule has 0 spiro atoms. The number of rotatable bonds is 25. The van der Waals surface area contributed by atoms with Gasteiger partial charge in [-0.05, 0) is 60.8 Å². The predicted molar refractivity (Wildman–Crippen MR) is 190 cm³/mol. The van der Waals surface area contributed by atoms with Gasteiger partial charge in [-0.15, -0.1) is 11.8 Å². The van der Waals surface area contributed by atoms with Crippen molar-refractivity contribution in [3.05, 3.63) is 66.2 Å². The second-order valence-electron chi connectivity index (χ2n) is 12.4. The molecule has 1 amide bonds. The normalized spacial score (nSPS) is 13.8. The molecule has 5 N–H and O–H groups in total. The average molecular weight is 698 g/mol. The first kappa shape index (κ1) is 41.2. The van der Waals surface area contributed by atoms with Gasteiger partial charge in [0.05, 0.1) is 12.3 Å². The molecule has 0 aliphatic heterocycles. The molecular formula is C38H51NO9S. The summed E-state index contributed by atoms with van der Waals surface area (Å²) in [6.45, 7) is 2.15. The van der Waals surface area contributed by atoms with Crippen LogP contribution in [0, 0.1) is 5.92 Å². The van der Waals surface area contributed by atoms with Crippen LogP contribution in [0.2, 0.25) is 0 Å². The van der Waals surface area contributed by atoms with Gasteiger partial charge < -0.3 is 25.7 Å². The van der Waals surface area contributed by atoms with E-state index in [0.29, 0.717) is 31.2 Å². The molecule has 268 valence electrons. The minimum Gasteiger partial charge on any atom is -0.481 e. The second-order valence-corrected chi connectivity index (χ2v) is 13.3. The fourth-order valence-electron chi connectivity index (χ4n) is 5.55. The van der Waals surface area contributed by atoms with Crippen LogP contribution in [-0.4, -0.2) is 67.9 Å². The smallest absolute Gasteiger partial charge is 0.337 e. The number of carbonyl (C=O) groups excluding carboxylic acids is 2. The van der Waals surface area contributed by atoms with Crippen LogP contribution in [-0.2, 0) is 30.4 Å². The fraction of sp³-hybridized carbons (Fsp3) is 0.500. The monoisotopic (exact) mass is 697 g/mol. The van der Waals surface area contributed by atoms with E-state index >= 15 is 0 Å². The van der Waals surface area contributed by atoms with Crippen molar-refractivity contribution in [3.8, 4) is 11.1 Å². The van der Waals surface area contributed by atoms with Crippen molar-refractivity contribution >= 4 is 41.4 Å². The van der Waals surface area contributed by atoms with Gasteiger partial charge in [0.1, 0.15) is 11.8 Å². The first-order valence-electron chi connectivity index (χ1n) is 17.0. The maximum Gasteiger partial charge on any atom is 0.337 e. The predicted octanol–water partition coefficient (Wildman–Crippen LogP) is 6.92. The molecule has 0 fully saturated rings. The molecule has 49 heavy (non-hydrogen) atoms. The van der Waals surface area contributed by atoms with Gasteiger partial charge in [-0.3, -0.25) is 14.4 Å². The molecule has 0 bridgehead atoms. The van der Waals surface area contributed by atoms with Gasteiger partial charge in [0.25, 0.3) is 0 Å². The fourth-order valence-corrected chi connectivity index (χ4v) is 5.96. The van der Waals surface area contributed by atoms with Gasteiger partial charge in [-0.25, -0.2) is 9.59 Å². The Morgan fingerprint density at radius 1 is 0.796 bits per heavy atom. The summed E-state index contributed by atoms with van der Waals surface area (Å²) in [7, 11) is 0. The van der Waals surface area contributed by atoms with E-state index in [1.807, 2.05) is 42.7 Å². The summed E-state index contributed by atoms with van der Waals surface area (Å²) >= 11 is 1.63. The van der Waals surface area contributed by atoms with Crippen molar-refractivity contribution in [2.45, 2.75) is 113 Å². The van der Waals surface area contributed by atoms with Crippen LogP contribution in [0.25, 0.3) is 11.1 Å². The number of ketones is 1. The topological polar surface area (TPSA) is 178 Å². The molecule has 0 unspecified atom stereocenters. The lowest BCUT2D eigenvalue weighted by molar-refractivity contribution is -0.172. The van der Waals surface area contributed by atoms with Crippen molar-refractivity contribution in [1.29, 1.82) is 0 Å².